The van der Waals surface area contributed by atoms with Crippen molar-refractivity contribution in [3.8, 4) is 0 Å². The topological polar surface area (TPSA) is 0 Å². The first-order valence-electron chi connectivity index (χ1n) is 5.47. The Bertz CT molecular complexity index is 181. The van der Waals surface area contributed by atoms with Gasteiger partial charge in [-0.25, -0.2) is 0 Å². The van der Waals surface area contributed by atoms with Crippen LogP contribution in [-0.4, -0.2) is 32.2 Å². The maximum atomic E-state index is 4.23. The minimum Gasteiger partial charge on any atom is -1.00 e. The molecule has 1 saturated carbocycles. The molecule has 1 rings (SSSR count). The Balaban J connectivity index is 0.00000169. The van der Waals surface area contributed by atoms with E-state index < -0.39 is 0 Å². The van der Waals surface area contributed by atoms with Crippen molar-refractivity contribution in [1.82, 2.24) is 0 Å². The van der Waals surface area contributed by atoms with Gasteiger partial charge in [0, 0.05) is 5.92 Å². The Morgan fingerprint density at radius 3 is 2.43 bits per heavy atom. The molecule has 0 aromatic heterocycles. The second kappa shape index (κ2) is 6.11. The highest BCUT2D eigenvalue weighted by Crippen LogP contribution is 2.27. The third-order valence-corrected chi connectivity index (χ3v) is 2.90. The Hall–Kier alpha value is 0.430. The quantitative estimate of drug-likeness (QED) is 0.288. The van der Waals surface area contributed by atoms with E-state index in [1.165, 1.54) is 44.2 Å². The van der Waals surface area contributed by atoms with Crippen LogP contribution in [0.1, 0.15) is 32.1 Å². The van der Waals surface area contributed by atoms with E-state index in [4.69, 9.17) is 0 Å². The molecule has 0 aromatic rings. The molecule has 0 bridgehead atoms. The summed E-state index contributed by atoms with van der Waals surface area (Å²) in [6.45, 7) is 5.49. The number of hydrogen-bond donors (Lipinski definition) is 0. The van der Waals surface area contributed by atoms with Crippen LogP contribution in [0.2, 0.25) is 0 Å². The molecule has 0 aromatic carbocycles. The van der Waals surface area contributed by atoms with Gasteiger partial charge in [0.1, 0.15) is 0 Å². The molecule has 0 N–H and O–H groups in total. The maximum absolute atomic E-state index is 4.23. The van der Waals surface area contributed by atoms with Gasteiger partial charge in [0.15, 0.2) is 0 Å². The molecule has 0 aliphatic heterocycles. The smallest absolute Gasteiger partial charge is 0.0846 e. The zero-order valence-corrected chi connectivity index (χ0v) is 12.0. The van der Waals surface area contributed by atoms with Crippen molar-refractivity contribution in [1.29, 1.82) is 0 Å². The SMILES string of the molecule is C=C1CCCCCC1C[N+](C)(C)C.[I-]. The Morgan fingerprint density at radius 2 is 1.86 bits per heavy atom. The van der Waals surface area contributed by atoms with Crippen LogP contribution in [0, 0.1) is 5.92 Å². The number of quaternary nitrogens is 1. The van der Waals surface area contributed by atoms with Gasteiger partial charge in [-0.15, -0.1) is 0 Å². The fourth-order valence-corrected chi connectivity index (χ4v) is 2.21. The van der Waals surface area contributed by atoms with Crippen LogP contribution >= 0.6 is 0 Å². The molecule has 1 unspecified atom stereocenters. The molecule has 0 saturated heterocycles. The second-order valence-electron chi connectivity index (χ2n) is 5.43. The fraction of sp³-hybridized carbons (Fsp3) is 0.833. The summed E-state index contributed by atoms with van der Waals surface area (Å²) in [6.07, 6.45) is 6.82. The largest absolute Gasteiger partial charge is 1.00 e. The molecule has 0 spiro atoms. The summed E-state index contributed by atoms with van der Waals surface area (Å²) < 4.78 is 1.07. The van der Waals surface area contributed by atoms with E-state index in [1.54, 1.807) is 0 Å². The number of rotatable bonds is 2. The van der Waals surface area contributed by atoms with E-state index in [0.717, 1.165) is 10.4 Å². The highest BCUT2D eigenvalue weighted by atomic mass is 127. The molecular formula is C12H24IN. The lowest BCUT2D eigenvalue weighted by Gasteiger charge is -2.29. The Kier molecular flexibility index (Phi) is 6.30. The maximum Gasteiger partial charge on any atom is 0.0846 e. The van der Waals surface area contributed by atoms with Crippen molar-refractivity contribution >= 4 is 0 Å². The standard InChI is InChI=1S/C12H24N.HI/c1-11-8-6-5-7-9-12(11)10-13(2,3)4;/h12H,1,5-10H2,2-4H3;1H/q+1;/p-1. The van der Waals surface area contributed by atoms with Crippen LogP contribution in [0.4, 0.5) is 0 Å². The summed E-state index contributed by atoms with van der Waals surface area (Å²) in [4.78, 5) is 0. The van der Waals surface area contributed by atoms with Crippen LogP contribution in [0.15, 0.2) is 12.2 Å². The van der Waals surface area contributed by atoms with Crippen LogP contribution in [0.25, 0.3) is 0 Å². The molecule has 1 aliphatic carbocycles. The first kappa shape index (κ1) is 14.4. The third kappa shape index (κ3) is 5.35. The highest BCUT2D eigenvalue weighted by Gasteiger charge is 2.21. The summed E-state index contributed by atoms with van der Waals surface area (Å²) >= 11 is 0. The number of nitrogens with zero attached hydrogens (tertiary/aromatic N) is 1. The molecule has 84 valence electrons. The molecule has 14 heavy (non-hydrogen) atoms. The van der Waals surface area contributed by atoms with Crippen molar-refractivity contribution in [3.05, 3.63) is 12.2 Å². The first-order chi connectivity index (χ1) is 5.99. The van der Waals surface area contributed by atoms with E-state index in [0.29, 0.717) is 0 Å². The summed E-state index contributed by atoms with van der Waals surface area (Å²) in [5, 5.41) is 0. The minimum atomic E-state index is 0. The predicted molar refractivity (Wildman–Crippen MR) is 58.6 cm³/mol. The Labute approximate surface area is 106 Å². The normalized spacial score (nSPS) is 23.9. The molecule has 1 fully saturated rings. The molecule has 0 heterocycles. The lowest BCUT2D eigenvalue weighted by Crippen LogP contribution is -3.00. The predicted octanol–water partition coefficient (Wildman–Crippen LogP) is -0.167. The van der Waals surface area contributed by atoms with E-state index in [2.05, 4.69) is 27.7 Å². The van der Waals surface area contributed by atoms with Gasteiger partial charge in [0.25, 0.3) is 0 Å². The van der Waals surface area contributed by atoms with Gasteiger partial charge in [0.2, 0.25) is 0 Å². The van der Waals surface area contributed by atoms with Gasteiger partial charge in [-0.3, -0.25) is 0 Å². The molecule has 2 heteroatoms. The first-order valence-corrected chi connectivity index (χ1v) is 5.47. The lowest BCUT2D eigenvalue weighted by atomic mass is 9.95. The summed E-state index contributed by atoms with van der Waals surface area (Å²) in [5.41, 5.74) is 1.51. The molecule has 1 atom stereocenters. The van der Waals surface area contributed by atoms with Gasteiger partial charge < -0.3 is 28.5 Å². The van der Waals surface area contributed by atoms with E-state index in [-0.39, 0.29) is 24.0 Å². The van der Waals surface area contributed by atoms with Crippen molar-refractivity contribution in [2.24, 2.45) is 5.92 Å². The molecule has 1 nitrogen and oxygen atoms in total. The van der Waals surface area contributed by atoms with Gasteiger partial charge in [-0.05, 0) is 19.3 Å². The number of halogens is 1. The number of hydrogen-bond acceptors (Lipinski definition) is 0. The minimum absolute atomic E-state index is 0. The van der Waals surface area contributed by atoms with Crippen molar-refractivity contribution in [2.45, 2.75) is 32.1 Å². The van der Waals surface area contributed by atoms with Gasteiger partial charge in [0.05, 0.1) is 27.7 Å². The summed E-state index contributed by atoms with van der Waals surface area (Å²) in [6, 6.07) is 0. The van der Waals surface area contributed by atoms with Gasteiger partial charge >= 0.3 is 0 Å². The zero-order chi connectivity index (χ0) is 9.90. The van der Waals surface area contributed by atoms with Crippen LogP contribution in [0.3, 0.4) is 0 Å². The van der Waals surface area contributed by atoms with Gasteiger partial charge in [-0.2, -0.15) is 0 Å². The van der Waals surface area contributed by atoms with Crippen LogP contribution < -0.4 is 24.0 Å². The monoisotopic (exact) mass is 309 g/mol. The zero-order valence-electron chi connectivity index (χ0n) is 9.85. The fourth-order valence-electron chi connectivity index (χ4n) is 2.21. The molecule has 1 aliphatic rings. The average molecular weight is 309 g/mol. The van der Waals surface area contributed by atoms with E-state index >= 15 is 0 Å². The molecular weight excluding hydrogens is 285 g/mol. The van der Waals surface area contributed by atoms with Crippen molar-refractivity contribution in [3.63, 3.8) is 0 Å². The molecule has 0 radical (unpaired) electrons. The van der Waals surface area contributed by atoms with Gasteiger partial charge in [-0.1, -0.05) is 25.0 Å². The Morgan fingerprint density at radius 1 is 1.21 bits per heavy atom. The van der Waals surface area contributed by atoms with Crippen LogP contribution in [0.5, 0.6) is 0 Å². The second-order valence-corrected chi connectivity index (χ2v) is 5.43. The lowest BCUT2D eigenvalue weighted by molar-refractivity contribution is -0.873. The highest BCUT2D eigenvalue weighted by molar-refractivity contribution is 5.01. The van der Waals surface area contributed by atoms with Crippen molar-refractivity contribution < 1.29 is 28.5 Å². The van der Waals surface area contributed by atoms with E-state index in [9.17, 15) is 0 Å². The van der Waals surface area contributed by atoms with E-state index in [1.807, 2.05) is 0 Å². The molecule has 0 amide bonds. The van der Waals surface area contributed by atoms with Crippen molar-refractivity contribution in [2.75, 3.05) is 27.7 Å². The third-order valence-electron chi connectivity index (χ3n) is 2.90. The van der Waals surface area contributed by atoms with Crippen LogP contribution in [-0.2, 0) is 0 Å². The average Bonchev–Trinajstić information content (AvgIpc) is 2.14. The summed E-state index contributed by atoms with van der Waals surface area (Å²) in [5.74, 6) is 0.780. The summed E-state index contributed by atoms with van der Waals surface area (Å²) in [7, 11) is 6.83.